The fourth-order valence-corrected chi connectivity index (χ4v) is 2.06. The zero-order valence-electron chi connectivity index (χ0n) is 7.50. The van der Waals surface area contributed by atoms with Gasteiger partial charge in [0.1, 0.15) is 0 Å². The minimum Gasteiger partial charge on any atom is -0.300 e. The van der Waals surface area contributed by atoms with E-state index in [1.807, 2.05) is 11.4 Å². The predicted octanol–water partition coefficient (Wildman–Crippen LogP) is 3.40. The Hall–Kier alpha value is -0.810. The number of nitrogens with two attached hydrogens (primary N) is 1. The number of thiazole rings is 1. The highest BCUT2D eigenvalue weighted by molar-refractivity contribution is 7.14. The average Bonchev–Trinajstić information content (AvgIpc) is 2.70. The lowest BCUT2D eigenvalue weighted by atomic mass is 10.2. The molecule has 0 saturated carbocycles. The molecule has 1 aromatic heterocycles. The topological polar surface area (TPSA) is 50.9 Å². The summed E-state index contributed by atoms with van der Waals surface area (Å²) in [6, 6.07) is 5.39. The van der Waals surface area contributed by atoms with E-state index >= 15 is 0 Å². The molecule has 3 nitrogen and oxygen atoms in total. The Morgan fingerprint density at radius 2 is 2.07 bits per heavy atom. The summed E-state index contributed by atoms with van der Waals surface area (Å²) in [7, 11) is 0. The molecule has 0 bridgehead atoms. The number of aromatic nitrogens is 1. The fourth-order valence-electron chi connectivity index (χ4n) is 1.13. The maximum atomic E-state index is 5.91. The van der Waals surface area contributed by atoms with Crippen LogP contribution in [0.4, 0.5) is 5.13 Å². The molecule has 3 N–H and O–H groups in total. The van der Waals surface area contributed by atoms with Crippen molar-refractivity contribution >= 4 is 39.7 Å². The third kappa shape index (κ3) is 2.23. The molecule has 2 rings (SSSR count). The minimum atomic E-state index is 0.518. The Morgan fingerprint density at radius 1 is 1.27 bits per heavy atom. The van der Waals surface area contributed by atoms with Gasteiger partial charge in [-0.3, -0.25) is 5.43 Å². The molecule has 0 unspecified atom stereocenters. The molecule has 15 heavy (non-hydrogen) atoms. The molecule has 0 amide bonds. The molecule has 0 aliphatic heterocycles. The summed E-state index contributed by atoms with van der Waals surface area (Å²) in [6.07, 6.45) is 0. The van der Waals surface area contributed by atoms with E-state index in [1.165, 1.54) is 11.3 Å². The first-order valence-corrected chi connectivity index (χ1v) is 5.72. The lowest BCUT2D eigenvalue weighted by Gasteiger charge is -1.99. The van der Waals surface area contributed by atoms with Crippen molar-refractivity contribution in [3.05, 3.63) is 33.6 Å². The van der Waals surface area contributed by atoms with Crippen LogP contribution in [0.1, 0.15) is 0 Å². The first-order chi connectivity index (χ1) is 7.20. The van der Waals surface area contributed by atoms with Crippen molar-refractivity contribution in [1.82, 2.24) is 4.98 Å². The SMILES string of the molecule is NNc1nc(-c2ccc(Cl)c(Cl)c2)cs1. The van der Waals surface area contributed by atoms with E-state index in [0.29, 0.717) is 15.2 Å². The van der Waals surface area contributed by atoms with Gasteiger partial charge in [-0.05, 0) is 12.1 Å². The van der Waals surface area contributed by atoms with E-state index in [4.69, 9.17) is 29.0 Å². The molecular weight excluding hydrogens is 253 g/mol. The van der Waals surface area contributed by atoms with Gasteiger partial charge in [-0.1, -0.05) is 29.3 Å². The molecular formula is C9H7Cl2N3S. The third-order valence-corrected chi connectivity index (χ3v) is 3.36. The van der Waals surface area contributed by atoms with Gasteiger partial charge in [0.2, 0.25) is 0 Å². The number of nitrogens with zero attached hydrogens (tertiary/aromatic N) is 1. The van der Waals surface area contributed by atoms with Gasteiger partial charge in [-0.25, -0.2) is 10.8 Å². The summed E-state index contributed by atoms with van der Waals surface area (Å²) in [5.74, 6) is 5.25. The molecule has 6 heteroatoms. The first kappa shape index (κ1) is 10.7. The molecule has 78 valence electrons. The average molecular weight is 260 g/mol. The van der Waals surface area contributed by atoms with Gasteiger partial charge in [0.25, 0.3) is 0 Å². The van der Waals surface area contributed by atoms with Crippen molar-refractivity contribution in [2.24, 2.45) is 5.84 Å². The van der Waals surface area contributed by atoms with E-state index in [0.717, 1.165) is 11.3 Å². The van der Waals surface area contributed by atoms with Crippen molar-refractivity contribution in [3.8, 4) is 11.3 Å². The van der Waals surface area contributed by atoms with Gasteiger partial charge < -0.3 is 0 Å². The number of anilines is 1. The van der Waals surface area contributed by atoms with E-state index in [2.05, 4.69) is 10.4 Å². The lowest BCUT2D eigenvalue weighted by Crippen LogP contribution is -2.05. The highest BCUT2D eigenvalue weighted by Crippen LogP contribution is 2.30. The Kier molecular flexibility index (Phi) is 3.11. The van der Waals surface area contributed by atoms with Crippen LogP contribution in [0.3, 0.4) is 0 Å². The Bertz CT molecular complexity index is 484. The van der Waals surface area contributed by atoms with Crippen LogP contribution in [-0.2, 0) is 0 Å². The molecule has 0 spiro atoms. The second-order valence-electron chi connectivity index (χ2n) is 2.81. The third-order valence-electron chi connectivity index (χ3n) is 1.84. The van der Waals surface area contributed by atoms with Crippen molar-refractivity contribution < 1.29 is 0 Å². The number of hydrazine groups is 1. The fraction of sp³-hybridized carbons (Fsp3) is 0. The van der Waals surface area contributed by atoms with E-state index < -0.39 is 0 Å². The molecule has 0 aliphatic carbocycles. The summed E-state index contributed by atoms with van der Waals surface area (Å²) >= 11 is 13.2. The molecule has 0 atom stereocenters. The van der Waals surface area contributed by atoms with Gasteiger partial charge in [0.05, 0.1) is 15.7 Å². The number of nitrogen functional groups attached to an aromatic ring is 1. The van der Waals surface area contributed by atoms with Crippen LogP contribution in [-0.4, -0.2) is 4.98 Å². The summed E-state index contributed by atoms with van der Waals surface area (Å²) in [6.45, 7) is 0. The molecule has 0 radical (unpaired) electrons. The molecule has 1 aromatic carbocycles. The first-order valence-electron chi connectivity index (χ1n) is 4.08. The summed E-state index contributed by atoms with van der Waals surface area (Å²) < 4.78 is 0. The predicted molar refractivity (Wildman–Crippen MR) is 65.4 cm³/mol. The maximum Gasteiger partial charge on any atom is 0.197 e. The number of rotatable bonds is 2. The smallest absolute Gasteiger partial charge is 0.197 e. The molecule has 1 heterocycles. The van der Waals surface area contributed by atoms with Gasteiger partial charge in [0, 0.05) is 10.9 Å². The van der Waals surface area contributed by atoms with Gasteiger partial charge in [0.15, 0.2) is 5.13 Å². The Morgan fingerprint density at radius 3 is 2.67 bits per heavy atom. The van der Waals surface area contributed by atoms with Crippen molar-refractivity contribution in [3.63, 3.8) is 0 Å². The van der Waals surface area contributed by atoms with E-state index in [-0.39, 0.29) is 0 Å². The summed E-state index contributed by atoms with van der Waals surface area (Å²) in [5, 5.41) is 3.61. The van der Waals surface area contributed by atoms with Gasteiger partial charge in [-0.15, -0.1) is 11.3 Å². The van der Waals surface area contributed by atoms with Gasteiger partial charge >= 0.3 is 0 Å². The highest BCUT2D eigenvalue weighted by atomic mass is 35.5. The van der Waals surface area contributed by atoms with Crippen LogP contribution >= 0.6 is 34.5 Å². The van der Waals surface area contributed by atoms with Crippen LogP contribution in [0.2, 0.25) is 10.0 Å². The Labute approximate surface area is 101 Å². The van der Waals surface area contributed by atoms with E-state index in [9.17, 15) is 0 Å². The quantitative estimate of drug-likeness (QED) is 0.642. The van der Waals surface area contributed by atoms with Crippen LogP contribution in [0.25, 0.3) is 11.3 Å². The van der Waals surface area contributed by atoms with E-state index in [1.54, 1.807) is 12.1 Å². The van der Waals surface area contributed by atoms with Gasteiger partial charge in [-0.2, -0.15) is 0 Å². The Balaban J connectivity index is 2.40. The second kappa shape index (κ2) is 4.37. The normalized spacial score (nSPS) is 10.3. The molecule has 0 fully saturated rings. The summed E-state index contributed by atoms with van der Waals surface area (Å²) in [4.78, 5) is 4.25. The largest absolute Gasteiger partial charge is 0.300 e. The van der Waals surface area contributed by atoms with Crippen LogP contribution < -0.4 is 11.3 Å². The van der Waals surface area contributed by atoms with Crippen LogP contribution in [0.5, 0.6) is 0 Å². The number of hydrogen-bond donors (Lipinski definition) is 2. The maximum absolute atomic E-state index is 5.91. The number of benzene rings is 1. The minimum absolute atomic E-state index is 0.518. The van der Waals surface area contributed by atoms with Crippen molar-refractivity contribution in [1.29, 1.82) is 0 Å². The lowest BCUT2D eigenvalue weighted by molar-refractivity contribution is 1.29. The van der Waals surface area contributed by atoms with Crippen molar-refractivity contribution in [2.45, 2.75) is 0 Å². The van der Waals surface area contributed by atoms with Crippen LogP contribution in [0.15, 0.2) is 23.6 Å². The zero-order valence-corrected chi connectivity index (χ0v) is 9.83. The second-order valence-corrected chi connectivity index (χ2v) is 4.48. The molecule has 0 saturated heterocycles. The molecule has 0 aliphatic rings. The highest BCUT2D eigenvalue weighted by Gasteiger charge is 2.05. The van der Waals surface area contributed by atoms with Crippen molar-refractivity contribution in [2.75, 3.05) is 5.43 Å². The molecule has 2 aromatic rings. The van der Waals surface area contributed by atoms with Crippen LogP contribution in [0, 0.1) is 0 Å². The number of nitrogens with one attached hydrogen (secondary N) is 1. The number of hydrogen-bond acceptors (Lipinski definition) is 4. The summed E-state index contributed by atoms with van der Waals surface area (Å²) in [5.41, 5.74) is 4.24. The zero-order chi connectivity index (χ0) is 10.8. The number of halogens is 2. The monoisotopic (exact) mass is 259 g/mol. The standard InChI is InChI=1S/C9H7Cl2N3S/c10-6-2-1-5(3-7(6)11)8-4-15-9(13-8)14-12/h1-4H,12H2,(H,13,14).